The first kappa shape index (κ1) is 13.8. The number of hydrogen-bond acceptors (Lipinski definition) is 1. The molecule has 0 bridgehead atoms. The lowest BCUT2D eigenvalue weighted by atomic mass is 9.93. The lowest BCUT2D eigenvalue weighted by Gasteiger charge is -2.22. The van der Waals surface area contributed by atoms with Crippen molar-refractivity contribution in [1.29, 1.82) is 0 Å². The molecule has 0 heterocycles. The molecule has 0 aromatic heterocycles. The Kier molecular flexibility index (Phi) is 6.16. The molecule has 0 amide bonds. The summed E-state index contributed by atoms with van der Waals surface area (Å²) in [4.78, 5) is 0. The summed E-state index contributed by atoms with van der Waals surface area (Å²) >= 11 is 0. The first-order chi connectivity index (χ1) is 6.42. The Morgan fingerprint density at radius 2 is 1.64 bits per heavy atom. The molecule has 0 saturated carbocycles. The van der Waals surface area contributed by atoms with Crippen molar-refractivity contribution in [3.05, 3.63) is 0 Å². The van der Waals surface area contributed by atoms with Crippen LogP contribution in [0.2, 0.25) is 0 Å². The molecule has 1 atom stereocenters. The molecule has 0 radical (unpaired) electrons. The van der Waals surface area contributed by atoms with Crippen molar-refractivity contribution < 1.29 is 13.2 Å². The van der Waals surface area contributed by atoms with Gasteiger partial charge < -0.3 is 5.32 Å². The topological polar surface area (TPSA) is 12.0 Å². The number of hydrogen-bond donors (Lipinski definition) is 1. The minimum absolute atomic E-state index is 0.398. The normalized spacial score (nSPS) is 14.8. The van der Waals surface area contributed by atoms with Crippen LogP contribution in [0.3, 0.4) is 0 Å². The van der Waals surface area contributed by atoms with Gasteiger partial charge in [0, 0.05) is 6.04 Å². The highest BCUT2D eigenvalue weighted by Gasteiger charge is 2.31. The number of rotatable bonds is 6. The van der Waals surface area contributed by atoms with E-state index in [1.807, 2.05) is 13.8 Å². The largest absolute Gasteiger partial charge is 0.390 e. The standard InChI is InChI=1S/C10H20F3N/c1-4-8(5-2)6-9(14-3)7-10(11,12)13/h8-9,14H,4-7H2,1-3H3. The van der Waals surface area contributed by atoms with Crippen LogP contribution in [0.4, 0.5) is 13.2 Å². The van der Waals surface area contributed by atoms with E-state index >= 15 is 0 Å². The molecule has 1 nitrogen and oxygen atoms in total. The Labute approximate surface area is 84.1 Å². The van der Waals surface area contributed by atoms with Gasteiger partial charge in [0.2, 0.25) is 0 Å². The van der Waals surface area contributed by atoms with Gasteiger partial charge in [0.1, 0.15) is 0 Å². The molecular weight excluding hydrogens is 191 g/mol. The fourth-order valence-electron chi connectivity index (χ4n) is 1.61. The van der Waals surface area contributed by atoms with Crippen LogP contribution in [-0.4, -0.2) is 19.3 Å². The number of halogens is 3. The van der Waals surface area contributed by atoms with Crippen molar-refractivity contribution in [1.82, 2.24) is 5.32 Å². The molecule has 0 aliphatic carbocycles. The number of alkyl halides is 3. The Bertz CT molecular complexity index is 141. The molecule has 0 aliphatic rings. The zero-order valence-corrected chi connectivity index (χ0v) is 9.12. The average Bonchev–Trinajstić information content (AvgIpc) is 2.10. The van der Waals surface area contributed by atoms with Gasteiger partial charge in [-0.25, -0.2) is 0 Å². The van der Waals surface area contributed by atoms with E-state index in [9.17, 15) is 13.2 Å². The second-order valence-electron chi connectivity index (χ2n) is 3.72. The molecule has 0 aliphatic heterocycles. The van der Waals surface area contributed by atoms with Gasteiger partial charge in [-0.3, -0.25) is 0 Å². The van der Waals surface area contributed by atoms with Gasteiger partial charge in [-0.1, -0.05) is 26.7 Å². The predicted molar refractivity (Wildman–Crippen MR) is 52.2 cm³/mol. The molecule has 14 heavy (non-hydrogen) atoms. The highest BCUT2D eigenvalue weighted by molar-refractivity contribution is 4.72. The molecule has 1 unspecified atom stereocenters. The van der Waals surface area contributed by atoms with Crippen LogP contribution >= 0.6 is 0 Å². The third-order valence-electron chi connectivity index (χ3n) is 2.66. The van der Waals surface area contributed by atoms with E-state index in [1.165, 1.54) is 0 Å². The van der Waals surface area contributed by atoms with Gasteiger partial charge in [-0.2, -0.15) is 13.2 Å². The molecular formula is C10H20F3N. The maximum Gasteiger partial charge on any atom is 0.390 e. The van der Waals surface area contributed by atoms with Crippen LogP contribution in [0.15, 0.2) is 0 Å². The highest BCUT2D eigenvalue weighted by atomic mass is 19.4. The summed E-state index contributed by atoms with van der Waals surface area (Å²) in [6, 6.07) is -0.431. The van der Waals surface area contributed by atoms with Gasteiger partial charge in [-0.15, -0.1) is 0 Å². The van der Waals surface area contributed by atoms with E-state index in [1.54, 1.807) is 7.05 Å². The van der Waals surface area contributed by atoms with Crippen molar-refractivity contribution in [2.24, 2.45) is 5.92 Å². The quantitative estimate of drug-likeness (QED) is 0.710. The second kappa shape index (κ2) is 6.27. The van der Waals surface area contributed by atoms with E-state index in [-0.39, 0.29) is 0 Å². The fourth-order valence-corrected chi connectivity index (χ4v) is 1.61. The second-order valence-corrected chi connectivity index (χ2v) is 3.72. The smallest absolute Gasteiger partial charge is 0.317 e. The zero-order chi connectivity index (χ0) is 11.2. The summed E-state index contributed by atoms with van der Waals surface area (Å²) in [5.41, 5.74) is 0. The van der Waals surface area contributed by atoms with Gasteiger partial charge in [-0.05, 0) is 19.4 Å². The molecule has 1 N–H and O–H groups in total. The molecule has 0 aromatic carbocycles. The summed E-state index contributed by atoms with van der Waals surface area (Å²) < 4.78 is 36.3. The predicted octanol–water partition coefficient (Wildman–Crippen LogP) is 3.35. The molecule has 0 rings (SSSR count). The van der Waals surface area contributed by atoms with Crippen LogP contribution in [0.25, 0.3) is 0 Å². The van der Waals surface area contributed by atoms with Gasteiger partial charge in [0.15, 0.2) is 0 Å². The lowest BCUT2D eigenvalue weighted by Crippen LogP contribution is -2.32. The first-order valence-corrected chi connectivity index (χ1v) is 5.16. The van der Waals surface area contributed by atoms with Crippen LogP contribution < -0.4 is 5.32 Å². The third kappa shape index (κ3) is 6.24. The Balaban J connectivity index is 4.01. The van der Waals surface area contributed by atoms with Crippen LogP contribution in [0.1, 0.15) is 39.5 Å². The monoisotopic (exact) mass is 211 g/mol. The lowest BCUT2D eigenvalue weighted by molar-refractivity contribution is -0.140. The summed E-state index contributed by atoms with van der Waals surface area (Å²) in [7, 11) is 1.60. The maximum absolute atomic E-state index is 12.1. The molecule has 0 saturated heterocycles. The van der Waals surface area contributed by atoms with Crippen LogP contribution in [-0.2, 0) is 0 Å². The molecule has 0 fully saturated rings. The van der Waals surface area contributed by atoms with E-state index in [0.717, 1.165) is 12.8 Å². The van der Waals surface area contributed by atoms with Crippen molar-refractivity contribution in [2.75, 3.05) is 7.05 Å². The van der Waals surface area contributed by atoms with E-state index in [4.69, 9.17) is 0 Å². The van der Waals surface area contributed by atoms with Gasteiger partial charge in [0.05, 0.1) is 6.42 Å². The molecule has 0 spiro atoms. The van der Waals surface area contributed by atoms with Crippen LogP contribution in [0, 0.1) is 5.92 Å². The fraction of sp³-hybridized carbons (Fsp3) is 1.00. The minimum atomic E-state index is -4.06. The molecule has 86 valence electrons. The van der Waals surface area contributed by atoms with E-state index in [0.29, 0.717) is 12.3 Å². The van der Waals surface area contributed by atoms with Crippen LogP contribution in [0.5, 0.6) is 0 Å². The van der Waals surface area contributed by atoms with Crippen molar-refractivity contribution >= 4 is 0 Å². The highest BCUT2D eigenvalue weighted by Crippen LogP contribution is 2.25. The summed E-state index contributed by atoms with van der Waals surface area (Å²) in [6.07, 6.45) is -2.26. The van der Waals surface area contributed by atoms with Crippen molar-refractivity contribution in [2.45, 2.75) is 51.7 Å². The average molecular weight is 211 g/mol. The molecule has 4 heteroatoms. The van der Waals surface area contributed by atoms with Gasteiger partial charge >= 0.3 is 6.18 Å². The van der Waals surface area contributed by atoms with E-state index in [2.05, 4.69) is 5.32 Å². The van der Waals surface area contributed by atoms with Crippen molar-refractivity contribution in [3.8, 4) is 0 Å². The zero-order valence-electron chi connectivity index (χ0n) is 9.12. The maximum atomic E-state index is 12.1. The minimum Gasteiger partial charge on any atom is -0.317 e. The van der Waals surface area contributed by atoms with Crippen molar-refractivity contribution in [3.63, 3.8) is 0 Å². The van der Waals surface area contributed by atoms with Gasteiger partial charge in [0.25, 0.3) is 0 Å². The Morgan fingerprint density at radius 3 is 1.93 bits per heavy atom. The summed E-state index contributed by atoms with van der Waals surface area (Å²) in [5, 5.41) is 2.74. The number of nitrogens with one attached hydrogen (secondary N) is 1. The summed E-state index contributed by atoms with van der Waals surface area (Å²) in [5.74, 6) is 0.398. The van der Waals surface area contributed by atoms with E-state index < -0.39 is 18.6 Å². The molecule has 0 aromatic rings. The summed E-state index contributed by atoms with van der Waals surface area (Å²) in [6.45, 7) is 4.04. The Hall–Kier alpha value is -0.250. The SMILES string of the molecule is CCC(CC)CC(CC(F)(F)F)NC. The third-order valence-corrected chi connectivity index (χ3v) is 2.66. The Morgan fingerprint density at radius 1 is 1.14 bits per heavy atom. The first-order valence-electron chi connectivity index (χ1n) is 5.16.